The van der Waals surface area contributed by atoms with Crippen molar-refractivity contribution >= 4 is 23.3 Å². The van der Waals surface area contributed by atoms with Crippen molar-refractivity contribution in [1.29, 1.82) is 10.5 Å². The van der Waals surface area contributed by atoms with E-state index in [-0.39, 0.29) is 28.8 Å². The summed E-state index contributed by atoms with van der Waals surface area (Å²) in [5.41, 5.74) is 12.5. The van der Waals surface area contributed by atoms with Crippen LogP contribution in [0.15, 0.2) is 29.3 Å². The van der Waals surface area contributed by atoms with Gasteiger partial charge in [-0.2, -0.15) is 10.5 Å². The third kappa shape index (κ3) is 3.52. The van der Waals surface area contributed by atoms with Crippen LogP contribution in [0.3, 0.4) is 0 Å². The van der Waals surface area contributed by atoms with Gasteiger partial charge in [0.15, 0.2) is 6.19 Å². The number of guanidine groups is 1. The molecule has 1 aliphatic rings. The number of nitriles is 2. The molecule has 6 N–H and O–H groups in total. The summed E-state index contributed by atoms with van der Waals surface area (Å²) in [6.07, 6.45) is -3.12. The number of nitrogens with zero attached hydrogens (tertiary/aromatic N) is 4. The third-order valence-corrected chi connectivity index (χ3v) is 3.79. The Balaban J connectivity index is 2.10. The van der Waals surface area contributed by atoms with Crippen molar-refractivity contribution in [1.82, 2.24) is 10.3 Å². The van der Waals surface area contributed by atoms with Crippen molar-refractivity contribution in [3.63, 3.8) is 0 Å². The molecule has 0 saturated carbocycles. The number of nitrogens with one attached hydrogen (secondary N) is 2. The van der Waals surface area contributed by atoms with Crippen molar-refractivity contribution in [3.8, 4) is 18.0 Å². The Bertz CT molecular complexity index is 1030. The van der Waals surface area contributed by atoms with Crippen molar-refractivity contribution in [2.24, 2.45) is 4.99 Å². The Morgan fingerprint density at radius 3 is 2.43 bits per heavy atom. The molecule has 0 saturated heterocycles. The summed E-state index contributed by atoms with van der Waals surface area (Å²) in [4.78, 5) is 8.37. The molecule has 3 rings (SSSR count). The lowest BCUT2D eigenvalue weighted by molar-refractivity contribution is -0.274. The molecule has 1 aromatic heterocycles. The van der Waals surface area contributed by atoms with Crippen LogP contribution in [0.25, 0.3) is 0 Å². The molecule has 9 nitrogen and oxygen atoms in total. The smallest absolute Gasteiger partial charge is 0.406 e. The number of benzene rings is 1. The molecule has 2 aromatic rings. The van der Waals surface area contributed by atoms with Gasteiger partial charge in [0.05, 0.1) is 5.69 Å². The van der Waals surface area contributed by atoms with Crippen molar-refractivity contribution in [2.45, 2.75) is 12.4 Å². The van der Waals surface area contributed by atoms with Crippen LogP contribution in [0.2, 0.25) is 0 Å². The van der Waals surface area contributed by atoms with Crippen molar-refractivity contribution in [3.05, 3.63) is 41.0 Å². The first kappa shape index (κ1) is 18.6. The number of pyridine rings is 1. The zero-order valence-corrected chi connectivity index (χ0v) is 13.9. The van der Waals surface area contributed by atoms with E-state index in [1.54, 1.807) is 6.19 Å². The molecule has 0 spiro atoms. The average Bonchev–Trinajstić information content (AvgIpc) is 2.61. The van der Waals surface area contributed by atoms with Gasteiger partial charge in [0.1, 0.15) is 35.1 Å². The van der Waals surface area contributed by atoms with E-state index in [1.807, 2.05) is 6.07 Å². The fourth-order valence-corrected chi connectivity index (χ4v) is 2.67. The summed E-state index contributed by atoms with van der Waals surface area (Å²) in [6.45, 7) is 0. The van der Waals surface area contributed by atoms with Gasteiger partial charge in [-0.3, -0.25) is 5.32 Å². The van der Waals surface area contributed by atoms with E-state index < -0.39 is 18.2 Å². The molecule has 2 heterocycles. The Labute approximate surface area is 156 Å². The summed E-state index contributed by atoms with van der Waals surface area (Å²) in [5, 5.41) is 23.1. The summed E-state index contributed by atoms with van der Waals surface area (Å²) < 4.78 is 40.9. The Hall–Kier alpha value is -4.19. The number of hydrogen-bond acceptors (Lipinski definition) is 9. The normalized spacial score (nSPS) is 15.3. The molecule has 142 valence electrons. The van der Waals surface area contributed by atoms with Gasteiger partial charge in [0, 0.05) is 5.56 Å². The number of anilines is 3. The topological polar surface area (TPSA) is 158 Å². The molecule has 0 radical (unpaired) electrons. The number of nitrogen functional groups attached to an aromatic ring is 2. The Morgan fingerprint density at radius 2 is 1.86 bits per heavy atom. The number of ether oxygens (including phenoxy) is 1. The van der Waals surface area contributed by atoms with Crippen molar-refractivity contribution in [2.75, 3.05) is 16.8 Å². The molecule has 1 aliphatic heterocycles. The highest BCUT2D eigenvalue weighted by Crippen LogP contribution is 2.40. The first-order valence-corrected chi connectivity index (χ1v) is 7.58. The van der Waals surface area contributed by atoms with Gasteiger partial charge < -0.3 is 21.5 Å². The maximum absolute atomic E-state index is 12.3. The molecule has 0 aliphatic carbocycles. The molecule has 1 aromatic carbocycles. The second kappa shape index (κ2) is 6.85. The van der Waals surface area contributed by atoms with Crippen LogP contribution in [0, 0.1) is 22.8 Å². The summed E-state index contributed by atoms with van der Waals surface area (Å²) in [6, 6.07) is 5.94. The minimum absolute atomic E-state index is 0.0258. The standard InChI is InChI=1S/C16H11F3N8O/c17-16(18,19)28-8-3-1-7(2-4-8)12-10-11(22)9(5-20)13(23)26-14(10)27-15(25-12)24-6-21/h1-4,12H,(H6,22,23,24,25,26,27). The number of fused-ring (bicyclic) bond motifs is 1. The zero-order chi connectivity index (χ0) is 20.5. The summed E-state index contributed by atoms with van der Waals surface area (Å²) >= 11 is 0. The first-order chi connectivity index (χ1) is 13.2. The first-order valence-electron chi connectivity index (χ1n) is 7.58. The van der Waals surface area contributed by atoms with Crippen LogP contribution in [-0.4, -0.2) is 17.3 Å². The SMILES string of the molecule is N#CNC1=NC(c2ccc(OC(F)(F)F)cc2)c2c(nc(N)c(C#N)c2N)N1. The maximum atomic E-state index is 12.3. The van der Waals surface area contributed by atoms with E-state index >= 15 is 0 Å². The molecule has 1 atom stereocenters. The van der Waals surface area contributed by atoms with E-state index in [0.29, 0.717) is 11.1 Å². The number of halogens is 3. The van der Waals surface area contributed by atoms with Gasteiger partial charge in [0.25, 0.3) is 0 Å². The highest BCUT2D eigenvalue weighted by molar-refractivity contribution is 5.98. The van der Waals surface area contributed by atoms with Crippen LogP contribution < -0.4 is 26.8 Å². The highest BCUT2D eigenvalue weighted by Gasteiger charge is 2.32. The number of aliphatic imine (C=N–C) groups is 1. The molecular formula is C16H11F3N8O. The summed E-state index contributed by atoms with van der Waals surface area (Å²) in [5.74, 6) is -0.322. The number of alkyl halides is 3. The lowest BCUT2D eigenvalue weighted by atomic mass is 9.95. The monoisotopic (exact) mass is 388 g/mol. The quantitative estimate of drug-likeness (QED) is 0.449. The fraction of sp³-hybridized carbons (Fsp3) is 0.125. The lowest BCUT2D eigenvalue weighted by Crippen LogP contribution is -2.32. The van der Waals surface area contributed by atoms with Crippen LogP contribution in [0.1, 0.15) is 22.7 Å². The van der Waals surface area contributed by atoms with Gasteiger partial charge >= 0.3 is 6.36 Å². The van der Waals surface area contributed by atoms with Gasteiger partial charge in [-0.25, -0.2) is 9.98 Å². The predicted octanol–water partition coefficient (Wildman–Crippen LogP) is 1.96. The second-order valence-corrected chi connectivity index (χ2v) is 5.52. The van der Waals surface area contributed by atoms with Gasteiger partial charge in [0.2, 0.25) is 5.96 Å². The maximum Gasteiger partial charge on any atom is 0.573 e. The molecular weight excluding hydrogens is 377 g/mol. The molecule has 1 unspecified atom stereocenters. The zero-order valence-electron chi connectivity index (χ0n) is 13.9. The number of aromatic nitrogens is 1. The van der Waals surface area contributed by atoms with Gasteiger partial charge in [-0.05, 0) is 17.7 Å². The molecule has 0 fully saturated rings. The van der Waals surface area contributed by atoms with E-state index in [0.717, 1.165) is 12.1 Å². The Kier molecular flexibility index (Phi) is 4.55. The highest BCUT2D eigenvalue weighted by atomic mass is 19.4. The van der Waals surface area contributed by atoms with E-state index in [1.165, 1.54) is 12.1 Å². The van der Waals surface area contributed by atoms with Crippen LogP contribution in [0.4, 0.5) is 30.5 Å². The fourth-order valence-electron chi connectivity index (χ4n) is 2.67. The van der Waals surface area contributed by atoms with Crippen LogP contribution >= 0.6 is 0 Å². The predicted molar refractivity (Wildman–Crippen MR) is 92.6 cm³/mol. The average molecular weight is 388 g/mol. The van der Waals surface area contributed by atoms with E-state index in [4.69, 9.17) is 16.7 Å². The Morgan fingerprint density at radius 1 is 1.18 bits per heavy atom. The minimum Gasteiger partial charge on any atom is -0.406 e. The molecule has 12 heteroatoms. The van der Waals surface area contributed by atoms with Gasteiger partial charge in [-0.15, -0.1) is 13.2 Å². The third-order valence-electron chi connectivity index (χ3n) is 3.79. The van der Waals surface area contributed by atoms with Gasteiger partial charge in [-0.1, -0.05) is 12.1 Å². The lowest BCUT2D eigenvalue weighted by Gasteiger charge is -2.26. The van der Waals surface area contributed by atoms with E-state index in [9.17, 15) is 18.4 Å². The van der Waals surface area contributed by atoms with Crippen LogP contribution in [-0.2, 0) is 0 Å². The largest absolute Gasteiger partial charge is 0.573 e. The summed E-state index contributed by atoms with van der Waals surface area (Å²) in [7, 11) is 0. The molecule has 0 bridgehead atoms. The minimum atomic E-state index is -4.82. The molecule has 28 heavy (non-hydrogen) atoms. The molecule has 0 amide bonds. The van der Waals surface area contributed by atoms with Crippen molar-refractivity contribution < 1.29 is 17.9 Å². The number of rotatable bonds is 2. The van der Waals surface area contributed by atoms with E-state index in [2.05, 4.69) is 25.3 Å². The number of hydrogen-bond donors (Lipinski definition) is 4. The second-order valence-electron chi connectivity index (χ2n) is 5.52. The van der Waals surface area contributed by atoms with Crippen LogP contribution in [0.5, 0.6) is 5.75 Å². The number of nitrogens with two attached hydrogens (primary N) is 2.